The van der Waals surface area contributed by atoms with E-state index in [-0.39, 0.29) is 6.10 Å². The molecule has 1 aromatic heterocycles. The number of rotatable bonds is 6. The lowest BCUT2D eigenvalue weighted by molar-refractivity contribution is -0.0357. The highest BCUT2D eigenvalue weighted by Crippen LogP contribution is 2.11. The highest BCUT2D eigenvalue weighted by atomic mass is 32.2. The van der Waals surface area contributed by atoms with Crippen molar-refractivity contribution in [2.24, 2.45) is 0 Å². The number of aryl methyl sites for hydroxylation is 2. The molecule has 2 heterocycles. The summed E-state index contributed by atoms with van der Waals surface area (Å²) in [5.41, 5.74) is 2.21. The molecule has 0 aliphatic carbocycles. The van der Waals surface area contributed by atoms with Crippen LogP contribution in [0.15, 0.2) is 41.3 Å². The highest BCUT2D eigenvalue weighted by molar-refractivity contribution is 7.85. The summed E-state index contributed by atoms with van der Waals surface area (Å²) >= 11 is 0. The number of ether oxygens (including phenoxy) is 1. The number of hydrogen-bond donors (Lipinski definition) is 0. The average Bonchev–Trinajstić information content (AvgIpc) is 2.91. The van der Waals surface area contributed by atoms with E-state index >= 15 is 0 Å². The van der Waals surface area contributed by atoms with Gasteiger partial charge < -0.3 is 4.74 Å². The van der Waals surface area contributed by atoms with Crippen LogP contribution in [0.1, 0.15) is 11.4 Å². The van der Waals surface area contributed by atoms with Crippen LogP contribution < -0.4 is 0 Å². The van der Waals surface area contributed by atoms with Crippen LogP contribution in [0.3, 0.4) is 0 Å². The molecule has 0 saturated carbocycles. The molecular formula is C18H25N3O2S. The maximum atomic E-state index is 12.3. The summed E-state index contributed by atoms with van der Waals surface area (Å²) in [5, 5.41) is 4.51. The van der Waals surface area contributed by atoms with Crippen molar-refractivity contribution in [2.45, 2.75) is 31.4 Å². The van der Waals surface area contributed by atoms with Gasteiger partial charge in [-0.25, -0.2) is 0 Å². The minimum atomic E-state index is -0.935. The number of nitrogens with zero attached hydrogens (tertiary/aromatic N) is 3. The largest absolute Gasteiger partial charge is 0.374 e. The van der Waals surface area contributed by atoms with E-state index in [9.17, 15) is 4.21 Å². The van der Waals surface area contributed by atoms with Gasteiger partial charge in [-0.1, -0.05) is 18.2 Å². The molecule has 3 rings (SSSR count). The summed E-state index contributed by atoms with van der Waals surface area (Å²) in [5.74, 6) is 0.663. The van der Waals surface area contributed by atoms with Gasteiger partial charge in [-0.2, -0.15) is 5.10 Å². The van der Waals surface area contributed by atoms with Crippen LogP contribution >= 0.6 is 0 Å². The van der Waals surface area contributed by atoms with Gasteiger partial charge in [0.15, 0.2) is 0 Å². The predicted molar refractivity (Wildman–Crippen MR) is 95.6 cm³/mol. The first kappa shape index (κ1) is 17.3. The van der Waals surface area contributed by atoms with Gasteiger partial charge in [-0.3, -0.25) is 13.8 Å². The number of morpholine rings is 1. The van der Waals surface area contributed by atoms with E-state index < -0.39 is 10.8 Å². The Morgan fingerprint density at radius 2 is 2.08 bits per heavy atom. The molecule has 1 aliphatic rings. The molecule has 0 spiro atoms. The molecule has 5 nitrogen and oxygen atoms in total. The van der Waals surface area contributed by atoms with E-state index in [1.165, 1.54) is 5.69 Å². The molecule has 0 N–H and O–H groups in total. The molecule has 2 atom stereocenters. The average molecular weight is 347 g/mol. The molecule has 0 bridgehead atoms. The lowest BCUT2D eigenvalue weighted by Gasteiger charge is -2.32. The second-order valence-electron chi connectivity index (χ2n) is 6.27. The van der Waals surface area contributed by atoms with E-state index in [0.717, 1.165) is 43.4 Å². The zero-order valence-electron chi connectivity index (χ0n) is 14.4. The molecule has 24 heavy (non-hydrogen) atoms. The van der Waals surface area contributed by atoms with Gasteiger partial charge in [0, 0.05) is 36.0 Å². The zero-order valence-corrected chi connectivity index (χ0v) is 15.2. The Bertz CT molecular complexity index is 687. The van der Waals surface area contributed by atoms with E-state index in [1.54, 1.807) is 0 Å². The SMILES string of the molecule is Cc1cc(C)n(C[C@@H]2CN(CC[S@@](=O)c3ccccc3)CCO2)n1. The molecule has 1 saturated heterocycles. The second-order valence-corrected chi connectivity index (χ2v) is 7.84. The maximum absolute atomic E-state index is 12.3. The van der Waals surface area contributed by atoms with Crippen molar-refractivity contribution in [3.8, 4) is 0 Å². The molecule has 0 unspecified atom stereocenters. The third-order valence-corrected chi connectivity index (χ3v) is 5.65. The molecular weight excluding hydrogens is 322 g/mol. The third-order valence-electron chi connectivity index (χ3n) is 4.30. The molecule has 6 heteroatoms. The summed E-state index contributed by atoms with van der Waals surface area (Å²) in [6.07, 6.45) is 0.141. The lowest BCUT2D eigenvalue weighted by Crippen LogP contribution is -2.45. The molecule has 2 aromatic rings. The van der Waals surface area contributed by atoms with Gasteiger partial charge >= 0.3 is 0 Å². The first-order chi connectivity index (χ1) is 11.6. The smallest absolute Gasteiger partial charge is 0.0898 e. The monoisotopic (exact) mass is 347 g/mol. The van der Waals surface area contributed by atoms with Crippen molar-refractivity contribution >= 4 is 10.8 Å². The quantitative estimate of drug-likeness (QED) is 0.802. The summed E-state index contributed by atoms with van der Waals surface area (Å²) in [7, 11) is -0.935. The number of hydrogen-bond acceptors (Lipinski definition) is 4. The van der Waals surface area contributed by atoms with E-state index in [0.29, 0.717) is 5.75 Å². The Hall–Kier alpha value is -1.50. The fourth-order valence-corrected chi connectivity index (χ4v) is 4.17. The number of aromatic nitrogens is 2. The van der Waals surface area contributed by atoms with Crippen molar-refractivity contribution in [1.29, 1.82) is 0 Å². The Morgan fingerprint density at radius 3 is 2.79 bits per heavy atom. The minimum Gasteiger partial charge on any atom is -0.374 e. The van der Waals surface area contributed by atoms with Gasteiger partial charge in [0.05, 0.1) is 35.7 Å². The summed E-state index contributed by atoms with van der Waals surface area (Å²) in [6, 6.07) is 11.8. The summed E-state index contributed by atoms with van der Waals surface area (Å²) in [4.78, 5) is 3.26. The van der Waals surface area contributed by atoms with Crippen LogP contribution in [0.2, 0.25) is 0 Å². The van der Waals surface area contributed by atoms with Crippen molar-refractivity contribution in [3.05, 3.63) is 47.8 Å². The van der Waals surface area contributed by atoms with E-state index in [2.05, 4.69) is 23.0 Å². The molecule has 0 radical (unpaired) electrons. The highest BCUT2D eigenvalue weighted by Gasteiger charge is 2.22. The van der Waals surface area contributed by atoms with Crippen LogP contribution in [0.25, 0.3) is 0 Å². The molecule has 0 amide bonds. The number of benzene rings is 1. The van der Waals surface area contributed by atoms with Crippen LogP contribution in [-0.4, -0.2) is 57.0 Å². The Morgan fingerprint density at radius 1 is 1.29 bits per heavy atom. The third kappa shape index (κ3) is 4.53. The zero-order chi connectivity index (χ0) is 16.9. The van der Waals surface area contributed by atoms with Crippen molar-refractivity contribution < 1.29 is 8.95 Å². The Balaban J connectivity index is 1.50. The van der Waals surface area contributed by atoms with Gasteiger partial charge in [0.2, 0.25) is 0 Å². The minimum absolute atomic E-state index is 0.141. The van der Waals surface area contributed by atoms with Gasteiger partial charge in [0.25, 0.3) is 0 Å². The van der Waals surface area contributed by atoms with E-state index in [4.69, 9.17) is 4.74 Å². The first-order valence-electron chi connectivity index (χ1n) is 8.40. The summed E-state index contributed by atoms with van der Waals surface area (Å²) in [6.45, 7) is 8.18. The maximum Gasteiger partial charge on any atom is 0.0898 e. The summed E-state index contributed by atoms with van der Waals surface area (Å²) < 4.78 is 20.3. The van der Waals surface area contributed by atoms with Crippen LogP contribution in [0.4, 0.5) is 0 Å². The molecule has 1 aromatic carbocycles. The van der Waals surface area contributed by atoms with Gasteiger partial charge in [-0.15, -0.1) is 0 Å². The van der Waals surface area contributed by atoms with Crippen LogP contribution in [-0.2, 0) is 22.1 Å². The lowest BCUT2D eigenvalue weighted by atomic mass is 10.2. The van der Waals surface area contributed by atoms with E-state index in [1.807, 2.05) is 41.9 Å². The van der Waals surface area contributed by atoms with Crippen LogP contribution in [0, 0.1) is 13.8 Å². The fraction of sp³-hybridized carbons (Fsp3) is 0.500. The second kappa shape index (κ2) is 8.05. The molecule has 130 valence electrons. The molecule has 1 fully saturated rings. The fourth-order valence-electron chi connectivity index (χ4n) is 3.05. The van der Waals surface area contributed by atoms with Crippen molar-refractivity contribution in [2.75, 3.05) is 32.0 Å². The van der Waals surface area contributed by atoms with Crippen molar-refractivity contribution in [3.63, 3.8) is 0 Å². The van der Waals surface area contributed by atoms with Crippen LogP contribution in [0.5, 0.6) is 0 Å². The normalized spacial score (nSPS) is 20.2. The van der Waals surface area contributed by atoms with Gasteiger partial charge in [0.1, 0.15) is 0 Å². The predicted octanol–water partition coefficient (Wildman–Crippen LogP) is 2.01. The Kier molecular flexibility index (Phi) is 5.81. The Labute approximate surface area is 146 Å². The molecule has 1 aliphatic heterocycles. The van der Waals surface area contributed by atoms with Crippen molar-refractivity contribution in [1.82, 2.24) is 14.7 Å². The first-order valence-corrected chi connectivity index (χ1v) is 9.72. The van der Waals surface area contributed by atoms with Gasteiger partial charge in [-0.05, 0) is 32.0 Å². The topological polar surface area (TPSA) is 47.4 Å². The standard InChI is InChI=1S/C18H25N3O2S/c1-15-12-16(2)21(19-15)14-17-13-20(8-10-23-17)9-11-24(22)18-6-4-3-5-7-18/h3-7,12,17H,8-11,13-14H2,1-2H3/t17-,24+/m0/s1.